The van der Waals surface area contributed by atoms with Gasteiger partial charge in [-0.3, -0.25) is 9.59 Å². The second kappa shape index (κ2) is 7.47. The van der Waals surface area contributed by atoms with E-state index in [4.69, 9.17) is 4.74 Å². The van der Waals surface area contributed by atoms with Gasteiger partial charge in [0.15, 0.2) is 0 Å². The van der Waals surface area contributed by atoms with E-state index in [1.54, 1.807) is 40.9 Å². The van der Waals surface area contributed by atoms with Crippen molar-refractivity contribution in [2.24, 2.45) is 0 Å². The first-order valence-corrected chi connectivity index (χ1v) is 10.2. The van der Waals surface area contributed by atoms with Crippen LogP contribution in [0, 0.1) is 5.82 Å². The van der Waals surface area contributed by atoms with E-state index in [0.29, 0.717) is 30.2 Å². The molecule has 2 aromatic carbocycles. The van der Waals surface area contributed by atoms with Gasteiger partial charge in [0.25, 0.3) is 0 Å². The molecule has 4 rings (SSSR count). The molecule has 0 saturated carbocycles. The topological polar surface area (TPSA) is 58.6 Å². The summed E-state index contributed by atoms with van der Waals surface area (Å²) >= 11 is 1.69. The number of hydrogen-bond donors (Lipinski definition) is 1. The molecule has 7 heteroatoms. The SMILES string of the molecule is CC12CCC(=O)N1C(C(=O)NCc1ccc(Oc3ccc(F)cc3)cc1)CS2. The molecule has 5 nitrogen and oxygen atoms in total. The Labute approximate surface area is 167 Å². The normalized spacial score (nSPS) is 23.6. The highest BCUT2D eigenvalue weighted by Crippen LogP contribution is 2.47. The van der Waals surface area contributed by atoms with Gasteiger partial charge in [-0.25, -0.2) is 4.39 Å². The van der Waals surface area contributed by atoms with Crippen molar-refractivity contribution in [3.63, 3.8) is 0 Å². The fraction of sp³-hybridized carbons (Fsp3) is 0.333. The average Bonchev–Trinajstić information content (AvgIpc) is 3.19. The van der Waals surface area contributed by atoms with E-state index in [9.17, 15) is 14.0 Å². The molecular weight excluding hydrogens is 379 g/mol. The van der Waals surface area contributed by atoms with Crippen molar-refractivity contribution in [2.45, 2.75) is 37.2 Å². The summed E-state index contributed by atoms with van der Waals surface area (Å²) in [6.07, 6.45) is 1.32. The van der Waals surface area contributed by atoms with Crippen molar-refractivity contribution in [2.75, 3.05) is 5.75 Å². The van der Waals surface area contributed by atoms with E-state index in [1.807, 2.05) is 19.1 Å². The Morgan fingerprint density at radius 1 is 1.21 bits per heavy atom. The summed E-state index contributed by atoms with van der Waals surface area (Å²) in [5.74, 6) is 1.47. The number of hydrogen-bond acceptors (Lipinski definition) is 4. The first-order chi connectivity index (χ1) is 13.4. The summed E-state index contributed by atoms with van der Waals surface area (Å²) in [5.41, 5.74) is 0.931. The van der Waals surface area contributed by atoms with Crippen LogP contribution in [0.15, 0.2) is 48.5 Å². The van der Waals surface area contributed by atoms with E-state index in [-0.39, 0.29) is 22.5 Å². The number of thioether (sulfide) groups is 1. The molecule has 0 aliphatic carbocycles. The Morgan fingerprint density at radius 3 is 2.54 bits per heavy atom. The Morgan fingerprint density at radius 2 is 1.86 bits per heavy atom. The zero-order valence-corrected chi connectivity index (χ0v) is 16.3. The lowest BCUT2D eigenvalue weighted by molar-refractivity contribution is -0.138. The molecule has 146 valence electrons. The molecule has 2 fully saturated rings. The molecule has 2 amide bonds. The van der Waals surface area contributed by atoms with Gasteiger partial charge in [-0.1, -0.05) is 12.1 Å². The monoisotopic (exact) mass is 400 g/mol. The lowest BCUT2D eigenvalue weighted by atomic mass is 10.2. The molecule has 2 atom stereocenters. The largest absolute Gasteiger partial charge is 0.457 e. The third-order valence-electron chi connectivity index (χ3n) is 5.19. The number of carbonyl (C=O) groups excluding carboxylic acids is 2. The van der Waals surface area contributed by atoms with Crippen LogP contribution in [-0.2, 0) is 16.1 Å². The molecule has 0 spiro atoms. The van der Waals surface area contributed by atoms with Crippen LogP contribution in [0.3, 0.4) is 0 Å². The molecule has 2 unspecified atom stereocenters. The number of nitrogens with one attached hydrogen (secondary N) is 1. The predicted molar refractivity (Wildman–Crippen MR) is 105 cm³/mol. The van der Waals surface area contributed by atoms with Crippen molar-refractivity contribution in [1.29, 1.82) is 0 Å². The van der Waals surface area contributed by atoms with Crippen LogP contribution in [0.25, 0.3) is 0 Å². The van der Waals surface area contributed by atoms with Crippen molar-refractivity contribution < 1.29 is 18.7 Å². The molecule has 2 heterocycles. The van der Waals surface area contributed by atoms with Gasteiger partial charge in [0.05, 0.1) is 4.87 Å². The Balaban J connectivity index is 1.33. The van der Waals surface area contributed by atoms with Gasteiger partial charge in [-0.2, -0.15) is 0 Å². The number of benzene rings is 2. The highest BCUT2D eigenvalue weighted by atomic mass is 32.2. The third-order valence-corrected chi connectivity index (χ3v) is 6.69. The van der Waals surface area contributed by atoms with Gasteiger partial charge in [-0.05, 0) is 55.3 Å². The first kappa shape index (κ1) is 18.8. The second-order valence-corrected chi connectivity index (χ2v) is 8.68. The number of halogens is 1. The first-order valence-electron chi connectivity index (χ1n) is 9.21. The van der Waals surface area contributed by atoms with E-state index in [1.165, 1.54) is 12.1 Å². The molecular formula is C21H21FN2O3S. The van der Waals surface area contributed by atoms with Crippen LogP contribution < -0.4 is 10.1 Å². The van der Waals surface area contributed by atoms with E-state index >= 15 is 0 Å². The molecule has 2 aromatic rings. The highest BCUT2D eigenvalue weighted by Gasteiger charge is 2.52. The van der Waals surface area contributed by atoms with Crippen LogP contribution in [0.5, 0.6) is 11.5 Å². The van der Waals surface area contributed by atoms with E-state index in [2.05, 4.69) is 5.32 Å². The smallest absolute Gasteiger partial charge is 0.243 e. The molecule has 1 N–H and O–H groups in total. The van der Waals surface area contributed by atoms with Crippen molar-refractivity contribution in [3.05, 3.63) is 59.9 Å². The molecule has 28 heavy (non-hydrogen) atoms. The number of ether oxygens (including phenoxy) is 1. The fourth-order valence-corrected chi connectivity index (χ4v) is 5.07. The minimum absolute atomic E-state index is 0.0648. The van der Waals surface area contributed by atoms with Gasteiger partial charge in [0.2, 0.25) is 11.8 Å². The number of fused-ring (bicyclic) bond motifs is 1. The maximum atomic E-state index is 12.9. The minimum Gasteiger partial charge on any atom is -0.457 e. The quantitative estimate of drug-likeness (QED) is 0.832. The van der Waals surface area contributed by atoms with E-state index < -0.39 is 6.04 Å². The summed E-state index contributed by atoms with van der Waals surface area (Å²) < 4.78 is 18.6. The lowest BCUT2D eigenvalue weighted by Gasteiger charge is -2.29. The molecule has 2 saturated heterocycles. The van der Waals surface area contributed by atoms with Crippen LogP contribution >= 0.6 is 11.8 Å². The fourth-order valence-electron chi connectivity index (χ4n) is 3.64. The maximum Gasteiger partial charge on any atom is 0.243 e. The van der Waals surface area contributed by atoms with Crippen LogP contribution in [0.1, 0.15) is 25.3 Å². The van der Waals surface area contributed by atoms with Gasteiger partial charge in [0.1, 0.15) is 23.4 Å². The summed E-state index contributed by atoms with van der Waals surface area (Å²) in [5, 5.41) is 2.94. The number of carbonyl (C=O) groups is 2. The Bertz CT molecular complexity index is 888. The lowest BCUT2D eigenvalue weighted by Crippen LogP contribution is -2.49. The van der Waals surface area contributed by atoms with Crippen LogP contribution in [-0.4, -0.2) is 33.4 Å². The third kappa shape index (κ3) is 3.71. The molecule has 2 aliphatic rings. The van der Waals surface area contributed by atoms with Crippen molar-refractivity contribution >= 4 is 23.6 Å². The highest BCUT2D eigenvalue weighted by molar-refractivity contribution is 8.01. The Kier molecular flexibility index (Phi) is 5.02. The van der Waals surface area contributed by atoms with Gasteiger partial charge in [-0.15, -0.1) is 11.8 Å². The standard InChI is InChI=1S/C21H21FN2O3S/c1-21-11-10-19(25)24(21)18(13-28-21)20(26)23-12-14-2-6-16(7-3-14)27-17-8-4-15(22)5-9-17/h2-9,18H,10-13H2,1H3,(H,23,26). The van der Waals surface area contributed by atoms with Crippen molar-refractivity contribution in [3.8, 4) is 11.5 Å². The number of amides is 2. The second-order valence-electron chi connectivity index (χ2n) is 7.18. The molecule has 2 aliphatic heterocycles. The van der Waals surface area contributed by atoms with Crippen molar-refractivity contribution in [1.82, 2.24) is 10.2 Å². The van der Waals surface area contributed by atoms with E-state index in [0.717, 1.165) is 12.0 Å². The Hall–Kier alpha value is -2.54. The molecule has 0 aromatic heterocycles. The van der Waals surface area contributed by atoms with Gasteiger partial charge in [0, 0.05) is 18.7 Å². The van der Waals surface area contributed by atoms with Gasteiger partial charge < -0.3 is 15.0 Å². The van der Waals surface area contributed by atoms with Crippen LogP contribution in [0.4, 0.5) is 4.39 Å². The van der Waals surface area contributed by atoms with Crippen LogP contribution in [0.2, 0.25) is 0 Å². The number of nitrogens with zero attached hydrogens (tertiary/aromatic N) is 1. The summed E-state index contributed by atoms with van der Waals surface area (Å²) in [6.45, 7) is 2.42. The summed E-state index contributed by atoms with van der Waals surface area (Å²) in [6, 6.07) is 12.8. The summed E-state index contributed by atoms with van der Waals surface area (Å²) in [7, 11) is 0. The summed E-state index contributed by atoms with van der Waals surface area (Å²) in [4.78, 5) is 26.3. The zero-order chi connectivity index (χ0) is 19.7. The molecule has 0 radical (unpaired) electrons. The number of rotatable bonds is 5. The van der Waals surface area contributed by atoms with Gasteiger partial charge >= 0.3 is 0 Å². The predicted octanol–water partition coefficient (Wildman–Crippen LogP) is 3.69. The molecule has 0 bridgehead atoms. The zero-order valence-electron chi connectivity index (χ0n) is 15.5. The maximum absolute atomic E-state index is 12.9. The minimum atomic E-state index is -0.397. The average molecular weight is 400 g/mol.